The first-order valence-electron chi connectivity index (χ1n) is 7.21. The number of amides is 2. The van der Waals surface area contributed by atoms with Crippen molar-refractivity contribution in [1.29, 1.82) is 0 Å². The standard InChI is InChI=1S/C15H18N2O4S/c1-4-21-14(20)15(2)10-9(12(18)17(3)13(10)19)11(16-15)8-6-5-7-22-8/h5-7,9-11,16H,4H2,1-3H3/t9-,10-,11-,15-/m1/s1. The Morgan fingerprint density at radius 3 is 2.77 bits per heavy atom. The Morgan fingerprint density at radius 1 is 1.45 bits per heavy atom. The van der Waals surface area contributed by atoms with E-state index in [9.17, 15) is 14.4 Å². The zero-order valence-corrected chi connectivity index (χ0v) is 13.5. The van der Waals surface area contributed by atoms with E-state index in [0.29, 0.717) is 0 Å². The lowest BCUT2D eigenvalue weighted by Gasteiger charge is -2.28. The first-order valence-corrected chi connectivity index (χ1v) is 8.09. The summed E-state index contributed by atoms with van der Waals surface area (Å²) in [6.07, 6.45) is 0. The van der Waals surface area contributed by atoms with Crippen LogP contribution >= 0.6 is 11.3 Å². The van der Waals surface area contributed by atoms with Crippen molar-refractivity contribution >= 4 is 29.1 Å². The average Bonchev–Trinajstić information content (AvgIpc) is 3.15. The molecule has 0 aromatic carbocycles. The summed E-state index contributed by atoms with van der Waals surface area (Å²) in [5, 5.41) is 5.12. The molecule has 0 spiro atoms. The second-order valence-electron chi connectivity index (χ2n) is 5.80. The van der Waals surface area contributed by atoms with Crippen molar-refractivity contribution in [1.82, 2.24) is 10.2 Å². The maximum absolute atomic E-state index is 12.5. The molecule has 22 heavy (non-hydrogen) atoms. The van der Waals surface area contributed by atoms with Crippen LogP contribution in [0.4, 0.5) is 0 Å². The SMILES string of the molecule is CCOC(=O)[C@]1(C)N[C@H](c2cccs2)[C@@H]2C(=O)N(C)C(=O)[C@@H]21. The number of hydrogen-bond donors (Lipinski definition) is 1. The molecule has 7 heteroatoms. The molecule has 0 radical (unpaired) electrons. The lowest BCUT2D eigenvalue weighted by atomic mass is 9.81. The van der Waals surface area contributed by atoms with Gasteiger partial charge in [-0.25, -0.2) is 0 Å². The molecule has 0 aliphatic carbocycles. The topological polar surface area (TPSA) is 75.7 Å². The Bertz CT molecular complexity index is 629. The Morgan fingerprint density at radius 2 is 2.18 bits per heavy atom. The molecule has 3 heterocycles. The zero-order valence-electron chi connectivity index (χ0n) is 12.7. The molecule has 6 nitrogen and oxygen atoms in total. The largest absolute Gasteiger partial charge is 0.465 e. The van der Waals surface area contributed by atoms with E-state index in [0.717, 1.165) is 9.78 Å². The Labute approximate surface area is 132 Å². The van der Waals surface area contributed by atoms with Crippen molar-refractivity contribution in [3.05, 3.63) is 22.4 Å². The minimum Gasteiger partial charge on any atom is -0.465 e. The Hall–Kier alpha value is -1.73. The van der Waals surface area contributed by atoms with E-state index in [4.69, 9.17) is 4.74 Å². The minimum absolute atomic E-state index is 0.231. The van der Waals surface area contributed by atoms with Crippen molar-refractivity contribution < 1.29 is 19.1 Å². The highest BCUT2D eigenvalue weighted by molar-refractivity contribution is 7.10. The monoisotopic (exact) mass is 322 g/mol. The van der Waals surface area contributed by atoms with E-state index in [1.165, 1.54) is 18.4 Å². The van der Waals surface area contributed by atoms with Crippen molar-refractivity contribution in [3.63, 3.8) is 0 Å². The van der Waals surface area contributed by atoms with Gasteiger partial charge in [0, 0.05) is 11.9 Å². The first-order chi connectivity index (χ1) is 10.4. The quantitative estimate of drug-likeness (QED) is 0.662. The van der Waals surface area contributed by atoms with Gasteiger partial charge in [-0.05, 0) is 25.3 Å². The highest BCUT2D eigenvalue weighted by atomic mass is 32.1. The van der Waals surface area contributed by atoms with Crippen LogP contribution in [0.1, 0.15) is 24.8 Å². The fourth-order valence-corrected chi connectivity index (χ4v) is 4.29. The van der Waals surface area contributed by atoms with Crippen LogP contribution in [0.25, 0.3) is 0 Å². The number of thiophene rings is 1. The van der Waals surface area contributed by atoms with Crippen LogP contribution in [-0.4, -0.2) is 41.9 Å². The summed E-state index contributed by atoms with van der Waals surface area (Å²) in [4.78, 5) is 39.5. The molecule has 4 atom stereocenters. The molecule has 2 amide bonds. The summed E-state index contributed by atoms with van der Waals surface area (Å²) in [5.41, 5.74) is -1.19. The van der Waals surface area contributed by atoms with Crippen LogP contribution in [0.15, 0.2) is 17.5 Å². The Balaban J connectivity index is 2.06. The summed E-state index contributed by atoms with van der Waals surface area (Å²) < 4.78 is 5.14. The number of fused-ring (bicyclic) bond motifs is 1. The summed E-state index contributed by atoms with van der Waals surface area (Å²) in [6.45, 7) is 3.61. The summed E-state index contributed by atoms with van der Waals surface area (Å²) >= 11 is 1.50. The van der Waals surface area contributed by atoms with Crippen LogP contribution in [0.2, 0.25) is 0 Å². The third-order valence-electron chi connectivity index (χ3n) is 4.56. The summed E-state index contributed by atoms with van der Waals surface area (Å²) in [6, 6.07) is 3.45. The molecule has 0 saturated carbocycles. The lowest BCUT2D eigenvalue weighted by molar-refractivity contribution is -0.155. The van der Waals surface area contributed by atoms with Gasteiger partial charge < -0.3 is 4.74 Å². The molecule has 2 saturated heterocycles. The highest BCUT2D eigenvalue weighted by Gasteiger charge is 2.66. The van der Waals surface area contributed by atoms with Crippen LogP contribution < -0.4 is 5.32 Å². The van der Waals surface area contributed by atoms with Gasteiger partial charge in [-0.2, -0.15) is 0 Å². The van der Waals surface area contributed by atoms with Crippen molar-refractivity contribution in [2.75, 3.05) is 13.7 Å². The summed E-state index contributed by atoms with van der Waals surface area (Å²) in [7, 11) is 1.47. The van der Waals surface area contributed by atoms with Gasteiger partial charge in [-0.3, -0.25) is 24.6 Å². The fraction of sp³-hybridized carbons (Fsp3) is 0.533. The second kappa shape index (κ2) is 5.17. The van der Waals surface area contributed by atoms with Gasteiger partial charge in [-0.15, -0.1) is 11.3 Å². The number of carbonyl (C=O) groups is 3. The van der Waals surface area contributed by atoms with Gasteiger partial charge in [0.15, 0.2) is 0 Å². The molecule has 3 rings (SSSR count). The number of imide groups is 1. The number of likely N-dealkylation sites (tertiary alicyclic amines) is 1. The summed E-state index contributed by atoms with van der Waals surface area (Å²) in [5.74, 6) is -2.34. The molecular formula is C15H18N2O4S. The van der Waals surface area contributed by atoms with Crippen molar-refractivity contribution in [2.24, 2.45) is 11.8 Å². The predicted molar refractivity (Wildman–Crippen MR) is 80.0 cm³/mol. The molecule has 0 unspecified atom stereocenters. The molecule has 118 valence electrons. The minimum atomic E-state index is -1.19. The molecule has 2 aliphatic heterocycles. The highest BCUT2D eigenvalue weighted by Crippen LogP contribution is 2.49. The third-order valence-corrected chi connectivity index (χ3v) is 5.51. The van der Waals surface area contributed by atoms with Gasteiger partial charge >= 0.3 is 5.97 Å². The number of esters is 1. The van der Waals surface area contributed by atoms with Gasteiger partial charge in [0.05, 0.1) is 24.5 Å². The van der Waals surface area contributed by atoms with Crippen molar-refractivity contribution in [3.8, 4) is 0 Å². The third kappa shape index (κ3) is 1.92. The van der Waals surface area contributed by atoms with Crippen LogP contribution in [0.3, 0.4) is 0 Å². The predicted octanol–water partition coefficient (Wildman–Crippen LogP) is 0.945. The second-order valence-corrected chi connectivity index (χ2v) is 6.78. The number of ether oxygens (including phenoxy) is 1. The molecule has 1 N–H and O–H groups in total. The number of carbonyl (C=O) groups excluding carboxylic acids is 3. The zero-order chi connectivity index (χ0) is 16.1. The maximum Gasteiger partial charge on any atom is 0.326 e. The number of nitrogens with one attached hydrogen (secondary N) is 1. The van der Waals surface area contributed by atoms with Gasteiger partial charge in [0.2, 0.25) is 11.8 Å². The van der Waals surface area contributed by atoms with Crippen LogP contribution in [0, 0.1) is 11.8 Å². The molecule has 1 aromatic rings. The van der Waals surface area contributed by atoms with E-state index >= 15 is 0 Å². The molecule has 2 aliphatic rings. The number of rotatable bonds is 3. The van der Waals surface area contributed by atoms with E-state index in [-0.39, 0.29) is 24.5 Å². The fourth-order valence-electron chi connectivity index (χ4n) is 3.46. The lowest BCUT2D eigenvalue weighted by Crippen LogP contribution is -2.53. The van der Waals surface area contributed by atoms with E-state index in [2.05, 4.69) is 5.32 Å². The Kier molecular flexibility index (Phi) is 3.57. The number of nitrogens with zero attached hydrogens (tertiary/aromatic N) is 1. The normalized spacial score (nSPS) is 34.1. The average molecular weight is 322 g/mol. The molecule has 2 fully saturated rings. The van der Waals surface area contributed by atoms with E-state index in [1.807, 2.05) is 17.5 Å². The van der Waals surface area contributed by atoms with Gasteiger partial charge in [0.25, 0.3) is 0 Å². The van der Waals surface area contributed by atoms with E-state index < -0.39 is 23.3 Å². The smallest absolute Gasteiger partial charge is 0.326 e. The molecular weight excluding hydrogens is 304 g/mol. The maximum atomic E-state index is 12.5. The van der Waals surface area contributed by atoms with Crippen LogP contribution in [0.5, 0.6) is 0 Å². The molecule has 1 aromatic heterocycles. The van der Waals surface area contributed by atoms with Gasteiger partial charge in [0.1, 0.15) is 5.54 Å². The molecule has 0 bridgehead atoms. The van der Waals surface area contributed by atoms with E-state index in [1.54, 1.807) is 13.8 Å². The van der Waals surface area contributed by atoms with Crippen LogP contribution in [-0.2, 0) is 19.1 Å². The number of hydrogen-bond acceptors (Lipinski definition) is 6. The van der Waals surface area contributed by atoms with Crippen molar-refractivity contribution in [2.45, 2.75) is 25.4 Å². The first kappa shape index (κ1) is 15.2. The van der Waals surface area contributed by atoms with Gasteiger partial charge in [-0.1, -0.05) is 6.07 Å².